The Bertz CT molecular complexity index is 668. The zero-order valence-electron chi connectivity index (χ0n) is 12.8. The summed E-state index contributed by atoms with van der Waals surface area (Å²) in [6.07, 6.45) is 3.23. The molecule has 2 aromatic rings. The Morgan fingerprint density at radius 2 is 1.91 bits per heavy atom. The predicted octanol–water partition coefficient (Wildman–Crippen LogP) is 3.65. The molecular weight excluding hydrogens is 314 g/mol. The molecule has 2 rings (SSSR count). The topological polar surface area (TPSA) is 47.6 Å². The lowest BCUT2D eigenvalue weighted by atomic mass is 10.2. The maximum Gasteiger partial charge on any atom is 0.244 e. The van der Waals surface area contributed by atoms with E-state index >= 15 is 0 Å². The molecule has 2 aromatic carbocycles. The van der Waals surface area contributed by atoms with E-state index in [0.717, 1.165) is 11.1 Å². The minimum absolute atomic E-state index is 0.176. The molecule has 23 heavy (non-hydrogen) atoms. The third-order valence-corrected chi connectivity index (χ3v) is 3.43. The van der Waals surface area contributed by atoms with Crippen LogP contribution in [-0.4, -0.2) is 19.8 Å². The molecule has 1 amide bonds. The number of carbonyl (C=O) groups excluding carboxylic acids is 1. The molecule has 0 radical (unpaired) electrons. The predicted molar refractivity (Wildman–Crippen MR) is 91.3 cm³/mol. The number of rotatable bonds is 7. The molecule has 0 heterocycles. The van der Waals surface area contributed by atoms with E-state index in [0.29, 0.717) is 17.3 Å². The van der Waals surface area contributed by atoms with Crippen LogP contribution in [0.2, 0.25) is 5.02 Å². The zero-order valence-corrected chi connectivity index (χ0v) is 13.5. The van der Waals surface area contributed by atoms with Crippen molar-refractivity contribution in [2.75, 3.05) is 13.9 Å². The smallest absolute Gasteiger partial charge is 0.244 e. The number of amides is 1. The van der Waals surface area contributed by atoms with E-state index < -0.39 is 0 Å². The van der Waals surface area contributed by atoms with Crippen molar-refractivity contribution >= 4 is 23.6 Å². The molecule has 0 unspecified atom stereocenters. The van der Waals surface area contributed by atoms with Crippen LogP contribution in [0.5, 0.6) is 5.75 Å². The Labute approximate surface area is 140 Å². The lowest BCUT2D eigenvalue weighted by Gasteiger charge is -2.05. The van der Waals surface area contributed by atoms with Gasteiger partial charge >= 0.3 is 0 Å². The summed E-state index contributed by atoms with van der Waals surface area (Å²) in [5.41, 5.74) is 1.79. The maximum atomic E-state index is 11.8. The van der Waals surface area contributed by atoms with Crippen molar-refractivity contribution < 1.29 is 14.3 Å². The number of nitrogens with one attached hydrogen (secondary N) is 1. The third kappa shape index (κ3) is 5.77. The van der Waals surface area contributed by atoms with E-state index in [4.69, 9.17) is 21.1 Å². The number of ether oxygens (including phenoxy) is 2. The fourth-order valence-corrected chi connectivity index (χ4v) is 2.06. The summed E-state index contributed by atoms with van der Waals surface area (Å²) in [7, 11) is 1.57. The largest absolute Gasteiger partial charge is 0.468 e. The van der Waals surface area contributed by atoms with E-state index in [1.165, 1.54) is 6.08 Å². The maximum absolute atomic E-state index is 11.8. The summed E-state index contributed by atoms with van der Waals surface area (Å²) in [6, 6.07) is 14.8. The highest BCUT2D eigenvalue weighted by Crippen LogP contribution is 2.15. The molecule has 0 saturated heterocycles. The van der Waals surface area contributed by atoms with E-state index in [-0.39, 0.29) is 12.7 Å². The second-order valence-corrected chi connectivity index (χ2v) is 5.17. The number of hydrogen-bond donors (Lipinski definition) is 1. The van der Waals surface area contributed by atoms with E-state index in [2.05, 4.69) is 5.32 Å². The normalized spacial score (nSPS) is 10.7. The fourth-order valence-electron chi connectivity index (χ4n) is 1.86. The Morgan fingerprint density at radius 3 is 2.61 bits per heavy atom. The highest BCUT2D eigenvalue weighted by Gasteiger charge is 2.00. The van der Waals surface area contributed by atoms with Crippen LogP contribution in [0.25, 0.3) is 6.08 Å². The summed E-state index contributed by atoms with van der Waals surface area (Å²) in [6.45, 7) is 0.603. The molecule has 5 heteroatoms. The minimum Gasteiger partial charge on any atom is -0.468 e. The summed E-state index contributed by atoms with van der Waals surface area (Å²) in [5.74, 6) is 0.539. The van der Waals surface area contributed by atoms with Gasteiger partial charge in [-0.25, -0.2) is 0 Å². The van der Waals surface area contributed by atoms with Gasteiger partial charge in [0.25, 0.3) is 0 Å². The molecule has 0 bridgehead atoms. The lowest BCUT2D eigenvalue weighted by Crippen LogP contribution is -2.20. The summed E-state index contributed by atoms with van der Waals surface area (Å²) >= 11 is 6.04. The molecule has 0 spiro atoms. The quantitative estimate of drug-likeness (QED) is 0.622. The monoisotopic (exact) mass is 331 g/mol. The molecule has 0 aliphatic carbocycles. The average molecular weight is 332 g/mol. The van der Waals surface area contributed by atoms with Crippen LogP contribution >= 0.6 is 11.6 Å². The molecule has 0 aromatic heterocycles. The van der Waals surface area contributed by atoms with Crippen LogP contribution in [0.15, 0.2) is 54.6 Å². The van der Waals surface area contributed by atoms with Crippen molar-refractivity contribution in [2.45, 2.75) is 6.54 Å². The molecule has 1 N–H and O–H groups in total. The number of hydrogen-bond acceptors (Lipinski definition) is 3. The second-order valence-electron chi connectivity index (χ2n) is 4.76. The van der Waals surface area contributed by atoms with E-state index in [9.17, 15) is 4.79 Å². The molecule has 0 saturated carbocycles. The van der Waals surface area contributed by atoms with Gasteiger partial charge in [0.2, 0.25) is 5.91 Å². The highest BCUT2D eigenvalue weighted by atomic mass is 35.5. The van der Waals surface area contributed by atoms with Crippen molar-refractivity contribution in [3.8, 4) is 5.75 Å². The SMILES string of the molecule is COCOc1ccc(/C=C/C(=O)NCc2ccccc2Cl)cc1. The Morgan fingerprint density at radius 1 is 1.17 bits per heavy atom. The van der Waals surface area contributed by atoms with Crippen molar-refractivity contribution in [3.05, 3.63) is 70.8 Å². The summed E-state index contributed by atoms with van der Waals surface area (Å²) < 4.78 is 10.1. The first-order valence-corrected chi connectivity index (χ1v) is 7.48. The number of benzene rings is 2. The molecule has 0 aliphatic rings. The first-order valence-electron chi connectivity index (χ1n) is 7.10. The summed E-state index contributed by atoms with van der Waals surface area (Å²) in [5, 5.41) is 3.44. The van der Waals surface area contributed by atoms with Crippen molar-refractivity contribution in [3.63, 3.8) is 0 Å². The van der Waals surface area contributed by atoms with Crippen LogP contribution in [-0.2, 0) is 16.1 Å². The van der Waals surface area contributed by atoms with Gasteiger partial charge in [-0.1, -0.05) is 41.9 Å². The molecule has 0 atom stereocenters. The number of methoxy groups -OCH3 is 1. The van der Waals surface area contributed by atoms with Crippen LogP contribution in [0.3, 0.4) is 0 Å². The second kappa shape index (κ2) is 8.98. The average Bonchev–Trinajstić information content (AvgIpc) is 2.58. The van der Waals surface area contributed by atoms with Gasteiger partial charge in [0, 0.05) is 24.8 Å². The Kier molecular flexibility index (Phi) is 6.66. The van der Waals surface area contributed by atoms with Crippen LogP contribution < -0.4 is 10.1 Å². The third-order valence-electron chi connectivity index (χ3n) is 3.06. The first-order chi connectivity index (χ1) is 11.2. The van der Waals surface area contributed by atoms with Gasteiger partial charge in [-0.2, -0.15) is 0 Å². The van der Waals surface area contributed by atoms with Crippen LogP contribution in [0, 0.1) is 0 Å². The van der Waals surface area contributed by atoms with Crippen molar-refractivity contribution in [1.29, 1.82) is 0 Å². The number of halogens is 1. The molecule has 0 aliphatic heterocycles. The Hall–Kier alpha value is -2.30. The van der Waals surface area contributed by atoms with Crippen LogP contribution in [0.4, 0.5) is 0 Å². The first kappa shape index (κ1) is 17.1. The summed E-state index contributed by atoms with van der Waals surface area (Å²) in [4.78, 5) is 11.8. The fraction of sp³-hybridized carbons (Fsp3) is 0.167. The minimum atomic E-state index is -0.176. The van der Waals surface area contributed by atoms with Gasteiger partial charge < -0.3 is 14.8 Å². The molecule has 4 nitrogen and oxygen atoms in total. The standard InChI is InChI=1S/C18H18ClNO3/c1-22-13-23-16-9-6-14(7-10-16)8-11-18(21)20-12-15-4-2-3-5-17(15)19/h2-11H,12-13H2,1H3,(H,20,21)/b11-8+. The van der Waals surface area contributed by atoms with Crippen molar-refractivity contribution in [1.82, 2.24) is 5.32 Å². The van der Waals surface area contributed by atoms with Gasteiger partial charge in [0.15, 0.2) is 6.79 Å². The lowest BCUT2D eigenvalue weighted by molar-refractivity contribution is -0.116. The van der Waals surface area contributed by atoms with Gasteiger partial charge in [-0.05, 0) is 35.4 Å². The van der Waals surface area contributed by atoms with Gasteiger partial charge in [-0.3, -0.25) is 4.79 Å². The number of carbonyl (C=O) groups is 1. The molecule has 0 fully saturated rings. The van der Waals surface area contributed by atoms with Gasteiger partial charge in [0.05, 0.1) is 0 Å². The van der Waals surface area contributed by atoms with Crippen LogP contribution in [0.1, 0.15) is 11.1 Å². The molecule has 120 valence electrons. The van der Waals surface area contributed by atoms with E-state index in [1.807, 2.05) is 42.5 Å². The highest BCUT2D eigenvalue weighted by molar-refractivity contribution is 6.31. The van der Waals surface area contributed by atoms with Gasteiger partial charge in [0.1, 0.15) is 5.75 Å². The van der Waals surface area contributed by atoms with Gasteiger partial charge in [-0.15, -0.1) is 0 Å². The zero-order chi connectivity index (χ0) is 16.5. The Balaban J connectivity index is 1.84. The molecular formula is C18H18ClNO3. The van der Waals surface area contributed by atoms with E-state index in [1.54, 1.807) is 19.3 Å². The van der Waals surface area contributed by atoms with Crippen molar-refractivity contribution in [2.24, 2.45) is 0 Å².